The highest BCUT2D eigenvalue weighted by molar-refractivity contribution is 7.18. The molecule has 1 fully saturated rings. The average molecular weight is 412 g/mol. The number of benzene rings is 1. The first-order valence-corrected chi connectivity index (χ1v) is 11.0. The summed E-state index contributed by atoms with van der Waals surface area (Å²) in [5.74, 6) is 1.96. The molecule has 0 spiro atoms. The molecule has 0 radical (unpaired) electrons. The number of hydrogen-bond donors (Lipinski definition) is 2. The summed E-state index contributed by atoms with van der Waals surface area (Å²) in [5.41, 5.74) is 2.17. The monoisotopic (exact) mass is 411 g/mol. The molecule has 1 saturated heterocycles. The van der Waals surface area contributed by atoms with Crippen LogP contribution in [0.1, 0.15) is 34.8 Å². The molecule has 1 unspecified atom stereocenters. The van der Waals surface area contributed by atoms with Crippen molar-refractivity contribution < 1.29 is 4.74 Å². The first-order chi connectivity index (χ1) is 14.1. The average Bonchev–Trinajstić information content (AvgIpc) is 3.30. The van der Waals surface area contributed by atoms with E-state index in [4.69, 9.17) is 4.74 Å². The Morgan fingerprint density at radius 2 is 2.17 bits per heavy atom. The van der Waals surface area contributed by atoms with Gasteiger partial charge in [0, 0.05) is 23.4 Å². The van der Waals surface area contributed by atoms with Crippen molar-refractivity contribution in [3.05, 3.63) is 61.1 Å². The number of nitrogens with one attached hydrogen (secondary N) is 2. The largest absolute Gasteiger partial charge is 0.496 e. The summed E-state index contributed by atoms with van der Waals surface area (Å²) in [5, 5.41) is 4.27. The molecule has 0 amide bonds. The summed E-state index contributed by atoms with van der Waals surface area (Å²) < 4.78 is 6.95. The van der Waals surface area contributed by atoms with E-state index in [0.717, 1.165) is 36.4 Å². The van der Waals surface area contributed by atoms with E-state index >= 15 is 0 Å². The van der Waals surface area contributed by atoms with Crippen molar-refractivity contribution in [3.63, 3.8) is 0 Å². The molecule has 6 nitrogen and oxygen atoms in total. The molecule has 0 bridgehead atoms. The fraction of sp³-hybridized carbons (Fsp3) is 0.455. The Balaban J connectivity index is 1.44. The van der Waals surface area contributed by atoms with Crippen LogP contribution in [-0.2, 0) is 13.0 Å². The minimum absolute atomic E-state index is 0.187. The Bertz CT molecular complexity index is 1190. The Morgan fingerprint density at radius 1 is 1.31 bits per heavy atom. The normalized spacial score (nSPS) is 23.2. The maximum Gasteiger partial charge on any atom is 0.329 e. The van der Waals surface area contributed by atoms with Crippen LogP contribution in [0.4, 0.5) is 0 Å². The van der Waals surface area contributed by atoms with Gasteiger partial charge in [0.05, 0.1) is 12.5 Å². The third kappa shape index (κ3) is 3.04. The van der Waals surface area contributed by atoms with E-state index in [0.29, 0.717) is 28.6 Å². The summed E-state index contributed by atoms with van der Waals surface area (Å²) in [6.07, 6.45) is 2.93. The molecule has 3 atom stereocenters. The molecule has 1 aromatic carbocycles. The van der Waals surface area contributed by atoms with Crippen LogP contribution in [0.25, 0.3) is 10.2 Å². The lowest BCUT2D eigenvalue weighted by Gasteiger charge is -2.32. The predicted octanol–water partition coefficient (Wildman–Crippen LogP) is 2.78. The molecule has 1 aliphatic carbocycles. The van der Waals surface area contributed by atoms with E-state index in [1.165, 1.54) is 27.0 Å². The second kappa shape index (κ2) is 7.15. The van der Waals surface area contributed by atoms with Crippen molar-refractivity contribution in [1.29, 1.82) is 0 Å². The van der Waals surface area contributed by atoms with Gasteiger partial charge in [0.15, 0.2) is 0 Å². The molecule has 152 valence electrons. The highest BCUT2D eigenvalue weighted by Gasteiger charge is 2.40. The fourth-order valence-corrected chi connectivity index (χ4v) is 6.14. The van der Waals surface area contributed by atoms with E-state index in [2.05, 4.69) is 22.4 Å². The highest BCUT2D eigenvalue weighted by Crippen LogP contribution is 2.45. The fourth-order valence-electron chi connectivity index (χ4n) is 5.24. The number of methoxy groups -OCH3 is 1. The summed E-state index contributed by atoms with van der Waals surface area (Å²) in [4.78, 5) is 29.9. The Morgan fingerprint density at radius 3 is 3.00 bits per heavy atom. The first kappa shape index (κ1) is 18.6. The summed E-state index contributed by atoms with van der Waals surface area (Å²) in [6, 6.07) is 8.43. The van der Waals surface area contributed by atoms with Gasteiger partial charge < -0.3 is 10.1 Å². The number of thiophene rings is 1. The third-order valence-electron chi connectivity index (χ3n) is 6.56. The zero-order chi connectivity index (χ0) is 20.1. The van der Waals surface area contributed by atoms with Gasteiger partial charge >= 0.3 is 5.69 Å². The maximum absolute atomic E-state index is 12.8. The summed E-state index contributed by atoms with van der Waals surface area (Å²) in [7, 11) is 1.73. The number of nitrogens with zero attached hydrogens (tertiary/aromatic N) is 1. The quantitative estimate of drug-likeness (QED) is 0.692. The van der Waals surface area contributed by atoms with Crippen molar-refractivity contribution in [2.75, 3.05) is 13.7 Å². The molecule has 3 aromatic rings. The summed E-state index contributed by atoms with van der Waals surface area (Å²) in [6.45, 7) is 3.35. The van der Waals surface area contributed by atoms with Gasteiger partial charge in [0.2, 0.25) is 0 Å². The molecule has 7 heteroatoms. The van der Waals surface area contributed by atoms with Gasteiger partial charge in [-0.25, -0.2) is 4.79 Å². The summed E-state index contributed by atoms with van der Waals surface area (Å²) >= 11 is 1.45. The number of fused-ring (bicyclic) bond motifs is 4. The van der Waals surface area contributed by atoms with Crippen LogP contribution in [0, 0.1) is 12.8 Å². The molecule has 29 heavy (non-hydrogen) atoms. The van der Waals surface area contributed by atoms with Crippen LogP contribution in [0.3, 0.4) is 0 Å². The van der Waals surface area contributed by atoms with Crippen LogP contribution in [0.15, 0.2) is 33.9 Å². The van der Waals surface area contributed by atoms with Crippen molar-refractivity contribution >= 4 is 21.6 Å². The Labute approximate surface area is 172 Å². The number of ether oxygens (including phenoxy) is 1. The van der Waals surface area contributed by atoms with Crippen molar-refractivity contribution in [2.24, 2.45) is 5.92 Å². The number of aromatic nitrogens is 2. The van der Waals surface area contributed by atoms with E-state index in [-0.39, 0.29) is 17.3 Å². The Kier molecular flexibility index (Phi) is 4.59. The van der Waals surface area contributed by atoms with Gasteiger partial charge in [-0.2, -0.15) is 0 Å². The number of aromatic amines is 1. The molecule has 2 aliphatic rings. The van der Waals surface area contributed by atoms with Gasteiger partial charge in [0.1, 0.15) is 10.6 Å². The zero-order valence-electron chi connectivity index (χ0n) is 16.7. The van der Waals surface area contributed by atoms with Gasteiger partial charge in [0.25, 0.3) is 5.56 Å². The van der Waals surface area contributed by atoms with Gasteiger partial charge in [-0.1, -0.05) is 12.1 Å². The molecular weight excluding hydrogens is 386 g/mol. The van der Waals surface area contributed by atoms with Crippen LogP contribution in [0.5, 0.6) is 5.75 Å². The van der Waals surface area contributed by atoms with E-state index < -0.39 is 0 Å². The van der Waals surface area contributed by atoms with Gasteiger partial charge in [-0.15, -0.1) is 11.3 Å². The topological polar surface area (TPSA) is 76.1 Å². The molecule has 0 saturated carbocycles. The van der Waals surface area contributed by atoms with Crippen LogP contribution in [0.2, 0.25) is 0 Å². The van der Waals surface area contributed by atoms with Crippen molar-refractivity contribution in [1.82, 2.24) is 14.9 Å². The second-order valence-electron chi connectivity index (χ2n) is 8.14. The molecule has 5 rings (SSSR count). The van der Waals surface area contributed by atoms with Crippen LogP contribution < -0.4 is 21.3 Å². The van der Waals surface area contributed by atoms with Crippen LogP contribution in [-0.4, -0.2) is 29.2 Å². The molecule has 2 aromatic heterocycles. The third-order valence-corrected chi connectivity index (χ3v) is 7.52. The standard InChI is InChI=1S/C22H25N3O3S/c1-12-10-16-20(29-12)24-22(27)25(21(16)26)9-8-17-19-13(11-23-17)6-7-14-15(19)4-3-5-18(14)28-2/h3-5,10,13,17,19,23H,6-9,11H2,1-2H3,(H,24,27)/t13-,17?,19+/m0/s1. The molecule has 3 heterocycles. The van der Waals surface area contributed by atoms with E-state index in [1.54, 1.807) is 7.11 Å². The smallest absolute Gasteiger partial charge is 0.329 e. The van der Waals surface area contributed by atoms with Crippen molar-refractivity contribution in [3.8, 4) is 5.75 Å². The van der Waals surface area contributed by atoms with Crippen LogP contribution >= 0.6 is 11.3 Å². The number of rotatable bonds is 4. The lowest BCUT2D eigenvalue weighted by atomic mass is 9.73. The van der Waals surface area contributed by atoms with Gasteiger partial charge in [-0.3, -0.25) is 14.3 Å². The number of H-pyrrole nitrogens is 1. The minimum atomic E-state index is -0.315. The van der Waals surface area contributed by atoms with E-state index in [9.17, 15) is 9.59 Å². The predicted molar refractivity (Wildman–Crippen MR) is 115 cm³/mol. The lowest BCUT2D eigenvalue weighted by molar-refractivity contribution is 0.371. The van der Waals surface area contributed by atoms with Crippen molar-refractivity contribution in [2.45, 2.75) is 44.7 Å². The number of hydrogen-bond acceptors (Lipinski definition) is 5. The Hall–Kier alpha value is -2.38. The highest BCUT2D eigenvalue weighted by atomic mass is 32.1. The lowest BCUT2D eigenvalue weighted by Crippen LogP contribution is -2.37. The second-order valence-corrected chi connectivity index (χ2v) is 9.40. The minimum Gasteiger partial charge on any atom is -0.496 e. The zero-order valence-corrected chi connectivity index (χ0v) is 17.5. The maximum atomic E-state index is 12.8. The van der Waals surface area contributed by atoms with E-state index in [1.807, 2.05) is 19.1 Å². The van der Waals surface area contributed by atoms with Gasteiger partial charge in [-0.05, 0) is 61.9 Å². The first-order valence-electron chi connectivity index (χ1n) is 10.2. The SMILES string of the molecule is COc1cccc2c1CC[C@H]1CNC(CCn3c(=O)[nH]c4sc(C)cc4c3=O)[C@@H]21. The molecular formula is C22H25N3O3S. The molecule has 1 aliphatic heterocycles. The molecule has 2 N–H and O–H groups in total. The number of aryl methyl sites for hydroxylation is 1.